The number of nitro groups is 2. The second-order valence-electron chi connectivity index (χ2n) is 3.05. The summed E-state index contributed by atoms with van der Waals surface area (Å²) in [5, 5.41) is 21.4. The van der Waals surface area contributed by atoms with Crippen LogP contribution in [0.3, 0.4) is 0 Å². The van der Waals surface area contributed by atoms with Crippen molar-refractivity contribution in [3.63, 3.8) is 0 Å². The molecule has 0 bridgehead atoms. The molecule has 0 fully saturated rings. The van der Waals surface area contributed by atoms with Crippen LogP contribution in [-0.4, -0.2) is 22.8 Å². The van der Waals surface area contributed by atoms with Crippen LogP contribution < -0.4 is 0 Å². The van der Waals surface area contributed by atoms with Crippen molar-refractivity contribution in [3.05, 3.63) is 44.5 Å². The van der Waals surface area contributed by atoms with E-state index < -0.39 is 36.2 Å². The van der Waals surface area contributed by atoms with E-state index in [-0.39, 0.29) is 5.56 Å². The van der Waals surface area contributed by atoms with E-state index in [0.717, 1.165) is 18.2 Å². The van der Waals surface area contributed by atoms with Gasteiger partial charge >= 0.3 is 21.5 Å². The van der Waals surface area contributed by atoms with E-state index in [2.05, 4.69) is 6.58 Å². The topological polar surface area (TPSA) is 141 Å². The molecule has 18 heavy (non-hydrogen) atoms. The lowest BCUT2D eigenvalue weighted by molar-refractivity contribution is -0.424. The number of hydrogen-bond acceptors (Lipinski definition) is 6. The van der Waals surface area contributed by atoms with Crippen molar-refractivity contribution >= 4 is 27.6 Å². The van der Waals surface area contributed by atoms with Gasteiger partial charge in [0, 0.05) is 11.6 Å². The number of nitrogens with zero attached hydrogens (tertiary/aromatic N) is 2. The number of nitro benzene ring substituents is 2. The first kappa shape index (κ1) is 13.7. The van der Waals surface area contributed by atoms with E-state index in [9.17, 15) is 28.6 Å². The zero-order valence-electron chi connectivity index (χ0n) is 8.64. The lowest BCUT2D eigenvalue weighted by Crippen LogP contribution is -2.08. The molecule has 0 saturated carbocycles. The summed E-state index contributed by atoms with van der Waals surface area (Å²) in [4.78, 5) is 17.9. The molecule has 10 heteroatoms. The molecule has 1 aromatic rings. The molecule has 0 amide bonds. The van der Waals surface area contributed by atoms with Crippen molar-refractivity contribution in [2.75, 3.05) is 0 Å². The maximum atomic E-state index is 11.1. The molecule has 0 aliphatic rings. The van der Waals surface area contributed by atoms with Crippen LogP contribution in [0.1, 0.15) is 5.56 Å². The molecule has 9 nitrogen and oxygen atoms in total. The molecule has 1 N–H and O–H groups in total. The molecule has 1 aromatic carbocycles. The highest BCUT2D eigenvalue weighted by atomic mass is 32.2. The van der Waals surface area contributed by atoms with Crippen LogP contribution in [0.4, 0.5) is 11.4 Å². The quantitative estimate of drug-likeness (QED) is 0.496. The summed E-state index contributed by atoms with van der Waals surface area (Å²) in [6.45, 7) is 3.21. The first-order valence-electron chi connectivity index (χ1n) is 4.26. The van der Waals surface area contributed by atoms with Crippen LogP contribution in [-0.2, 0) is 10.1 Å². The summed E-state index contributed by atoms with van der Waals surface area (Å²) < 4.78 is 31.1. The fourth-order valence-corrected chi connectivity index (χ4v) is 2.20. The Morgan fingerprint density at radius 2 is 1.78 bits per heavy atom. The Balaban J connectivity index is 3.94. The van der Waals surface area contributed by atoms with Crippen LogP contribution in [0.25, 0.3) is 6.08 Å². The first-order chi connectivity index (χ1) is 8.20. The number of benzene rings is 1. The van der Waals surface area contributed by atoms with Gasteiger partial charge in [-0.05, 0) is 6.07 Å². The molecule has 96 valence electrons. The highest BCUT2D eigenvalue weighted by Crippen LogP contribution is 2.36. The Morgan fingerprint density at radius 1 is 1.22 bits per heavy atom. The second-order valence-corrected chi connectivity index (χ2v) is 4.40. The normalized spacial score (nSPS) is 10.9. The van der Waals surface area contributed by atoms with Crippen LogP contribution in [0.15, 0.2) is 23.6 Å². The molecule has 0 spiro atoms. The SMILES string of the molecule is C=Cc1ccc([N+](=O)[O-])c([N+](=O)[O-])c1S(=O)(=O)O. The van der Waals surface area contributed by atoms with E-state index in [1.54, 1.807) is 0 Å². The minimum atomic E-state index is -4.99. The zero-order valence-corrected chi connectivity index (χ0v) is 9.46. The Bertz CT molecular complexity index is 650. The van der Waals surface area contributed by atoms with Crippen molar-refractivity contribution in [1.29, 1.82) is 0 Å². The monoisotopic (exact) mass is 274 g/mol. The first-order valence-corrected chi connectivity index (χ1v) is 5.70. The minimum absolute atomic E-state index is 0.296. The minimum Gasteiger partial charge on any atom is -0.282 e. The molecule has 0 unspecified atom stereocenters. The molecule has 0 radical (unpaired) electrons. The average molecular weight is 274 g/mol. The maximum Gasteiger partial charge on any atom is 0.367 e. The van der Waals surface area contributed by atoms with Gasteiger partial charge in [-0.2, -0.15) is 8.42 Å². The molecule has 0 heterocycles. The average Bonchev–Trinajstić information content (AvgIpc) is 2.25. The predicted molar refractivity (Wildman–Crippen MR) is 59.7 cm³/mol. The van der Waals surface area contributed by atoms with Gasteiger partial charge in [-0.1, -0.05) is 12.7 Å². The smallest absolute Gasteiger partial charge is 0.282 e. The summed E-state index contributed by atoms with van der Waals surface area (Å²) in [5.74, 6) is 0. The van der Waals surface area contributed by atoms with Crippen molar-refractivity contribution < 1.29 is 22.8 Å². The zero-order chi connectivity index (χ0) is 14.1. The van der Waals surface area contributed by atoms with Crippen LogP contribution in [0, 0.1) is 20.2 Å². The standard InChI is InChI=1S/C8H6N2O7S/c1-2-5-3-4-6(9(11)12)7(10(13)14)8(5)18(15,16)17/h2-4H,1H2,(H,15,16,17). The largest absolute Gasteiger partial charge is 0.367 e. The lowest BCUT2D eigenvalue weighted by atomic mass is 10.1. The third kappa shape index (κ3) is 2.33. The Hall–Kier alpha value is -2.33. The molecule has 1 rings (SSSR count). The van der Waals surface area contributed by atoms with Gasteiger partial charge in [0.2, 0.25) is 0 Å². The molecule has 0 aliphatic carbocycles. The molecular weight excluding hydrogens is 268 g/mol. The van der Waals surface area contributed by atoms with E-state index in [4.69, 9.17) is 4.55 Å². The molecule has 0 saturated heterocycles. The third-order valence-electron chi connectivity index (χ3n) is 2.00. The number of rotatable bonds is 4. The van der Waals surface area contributed by atoms with Gasteiger partial charge in [0.15, 0.2) is 4.90 Å². The second kappa shape index (κ2) is 4.50. The van der Waals surface area contributed by atoms with Crippen LogP contribution in [0.2, 0.25) is 0 Å². The van der Waals surface area contributed by atoms with Gasteiger partial charge in [-0.25, -0.2) is 0 Å². The molecule has 0 aromatic heterocycles. The maximum absolute atomic E-state index is 11.1. The van der Waals surface area contributed by atoms with Crippen molar-refractivity contribution in [2.24, 2.45) is 0 Å². The molecule has 0 aliphatic heterocycles. The Kier molecular flexibility index (Phi) is 3.44. The van der Waals surface area contributed by atoms with Gasteiger partial charge in [0.25, 0.3) is 0 Å². The Labute approximate surface area is 100 Å². The van der Waals surface area contributed by atoms with Crippen molar-refractivity contribution in [3.8, 4) is 0 Å². The van der Waals surface area contributed by atoms with Crippen molar-refractivity contribution in [2.45, 2.75) is 4.90 Å². The fraction of sp³-hybridized carbons (Fsp3) is 0. The van der Waals surface area contributed by atoms with Gasteiger partial charge in [-0.15, -0.1) is 0 Å². The van der Waals surface area contributed by atoms with Gasteiger partial charge < -0.3 is 0 Å². The van der Waals surface area contributed by atoms with E-state index in [1.807, 2.05) is 0 Å². The highest BCUT2D eigenvalue weighted by Gasteiger charge is 2.36. The van der Waals surface area contributed by atoms with E-state index >= 15 is 0 Å². The summed E-state index contributed by atoms with van der Waals surface area (Å²) >= 11 is 0. The lowest BCUT2D eigenvalue weighted by Gasteiger charge is -2.04. The van der Waals surface area contributed by atoms with E-state index in [0.29, 0.717) is 0 Å². The highest BCUT2D eigenvalue weighted by molar-refractivity contribution is 7.86. The van der Waals surface area contributed by atoms with Gasteiger partial charge in [-0.3, -0.25) is 24.8 Å². The summed E-state index contributed by atoms with van der Waals surface area (Å²) in [6, 6.07) is 1.71. The van der Waals surface area contributed by atoms with Crippen molar-refractivity contribution in [1.82, 2.24) is 0 Å². The van der Waals surface area contributed by atoms with E-state index in [1.165, 1.54) is 0 Å². The Morgan fingerprint density at radius 3 is 2.11 bits per heavy atom. The predicted octanol–water partition coefficient (Wildman–Crippen LogP) is 1.39. The van der Waals surface area contributed by atoms with Crippen LogP contribution in [0.5, 0.6) is 0 Å². The van der Waals surface area contributed by atoms with Crippen LogP contribution >= 0.6 is 0 Å². The summed E-state index contributed by atoms with van der Waals surface area (Å²) in [6.07, 6.45) is 0.930. The molecule has 0 atom stereocenters. The number of hydrogen-bond donors (Lipinski definition) is 1. The molecular formula is C8H6N2O7S. The van der Waals surface area contributed by atoms with Gasteiger partial charge in [0.05, 0.1) is 9.85 Å². The fourth-order valence-electron chi connectivity index (χ4n) is 1.33. The third-order valence-corrected chi connectivity index (χ3v) is 2.94. The van der Waals surface area contributed by atoms with Gasteiger partial charge in [0.1, 0.15) is 0 Å². The summed E-state index contributed by atoms with van der Waals surface area (Å²) in [7, 11) is -4.99. The summed E-state index contributed by atoms with van der Waals surface area (Å²) in [5.41, 5.74) is -2.62.